The summed E-state index contributed by atoms with van der Waals surface area (Å²) in [5, 5.41) is 3.32. The van der Waals surface area contributed by atoms with Crippen molar-refractivity contribution in [3.8, 4) is 11.3 Å². The molecule has 0 aliphatic carbocycles. The van der Waals surface area contributed by atoms with E-state index >= 15 is 0 Å². The number of aromatic nitrogens is 1. The van der Waals surface area contributed by atoms with Crippen LogP contribution in [-0.2, 0) is 6.42 Å². The summed E-state index contributed by atoms with van der Waals surface area (Å²) in [6.07, 6.45) is 0.917. The third-order valence-electron chi connectivity index (χ3n) is 3.26. The van der Waals surface area contributed by atoms with Gasteiger partial charge in [-0.3, -0.25) is 0 Å². The Morgan fingerprint density at radius 1 is 0.950 bits per heavy atom. The maximum atomic E-state index is 4.75. The number of rotatable bonds is 3. The molecule has 2 aromatic carbocycles. The molecule has 0 radical (unpaired) electrons. The second-order valence-corrected chi connectivity index (χ2v) is 6.11. The zero-order chi connectivity index (χ0) is 13.9. The molecule has 20 heavy (non-hydrogen) atoms. The third kappa shape index (κ3) is 2.97. The summed E-state index contributed by atoms with van der Waals surface area (Å²) < 4.78 is 0. The fraction of sp³-hybridized carbons (Fsp3) is 0.167. The van der Waals surface area contributed by atoms with Crippen LogP contribution in [0.3, 0.4) is 0 Å². The molecule has 0 aliphatic rings. The van der Waals surface area contributed by atoms with Gasteiger partial charge < -0.3 is 0 Å². The van der Waals surface area contributed by atoms with Crippen molar-refractivity contribution in [3.63, 3.8) is 0 Å². The molecule has 2 heteroatoms. The number of hydrogen-bond acceptors (Lipinski definition) is 2. The van der Waals surface area contributed by atoms with Crippen molar-refractivity contribution in [1.82, 2.24) is 4.98 Å². The van der Waals surface area contributed by atoms with Crippen LogP contribution in [0.25, 0.3) is 11.3 Å². The lowest BCUT2D eigenvalue weighted by molar-refractivity contribution is 1.13. The van der Waals surface area contributed by atoms with Crippen molar-refractivity contribution in [3.05, 3.63) is 75.6 Å². The highest BCUT2D eigenvalue weighted by molar-refractivity contribution is 7.10. The van der Waals surface area contributed by atoms with Crippen molar-refractivity contribution in [2.45, 2.75) is 20.3 Å². The van der Waals surface area contributed by atoms with Gasteiger partial charge >= 0.3 is 0 Å². The lowest BCUT2D eigenvalue weighted by Crippen LogP contribution is -1.90. The van der Waals surface area contributed by atoms with E-state index in [0.29, 0.717) is 0 Å². The Balaban J connectivity index is 1.84. The summed E-state index contributed by atoms with van der Waals surface area (Å²) in [7, 11) is 0. The van der Waals surface area contributed by atoms with E-state index in [0.717, 1.165) is 12.1 Å². The molecule has 0 spiro atoms. The Morgan fingerprint density at radius 3 is 2.35 bits per heavy atom. The van der Waals surface area contributed by atoms with Gasteiger partial charge in [-0.2, -0.15) is 0 Å². The van der Waals surface area contributed by atoms with Crippen LogP contribution < -0.4 is 0 Å². The Hall–Kier alpha value is -1.93. The van der Waals surface area contributed by atoms with Crippen molar-refractivity contribution in [2.75, 3.05) is 0 Å². The highest BCUT2D eigenvalue weighted by Gasteiger charge is 2.05. The molecule has 0 atom stereocenters. The molecule has 1 aromatic heterocycles. The van der Waals surface area contributed by atoms with Crippen LogP contribution >= 0.6 is 11.3 Å². The Bertz CT molecular complexity index is 693. The zero-order valence-electron chi connectivity index (χ0n) is 11.8. The van der Waals surface area contributed by atoms with Crippen LogP contribution in [0.2, 0.25) is 0 Å². The molecule has 0 saturated carbocycles. The Labute approximate surface area is 124 Å². The minimum Gasteiger partial charge on any atom is -0.241 e. The normalized spacial score (nSPS) is 10.7. The SMILES string of the molecule is Cc1cc(C)cc(Cc2nc(-c3ccccc3)cs2)c1. The second kappa shape index (κ2) is 5.59. The summed E-state index contributed by atoms with van der Waals surface area (Å²) in [6, 6.07) is 17.1. The first-order valence-electron chi connectivity index (χ1n) is 6.78. The third-order valence-corrected chi connectivity index (χ3v) is 4.11. The van der Waals surface area contributed by atoms with Gasteiger partial charge in [-0.15, -0.1) is 11.3 Å². The van der Waals surface area contributed by atoms with Gasteiger partial charge in [0.25, 0.3) is 0 Å². The van der Waals surface area contributed by atoms with Crippen LogP contribution in [0.4, 0.5) is 0 Å². The predicted molar refractivity (Wildman–Crippen MR) is 86.3 cm³/mol. The van der Waals surface area contributed by atoms with E-state index in [4.69, 9.17) is 4.98 Å². The van der Waals surface area contributed by atoms with Crippen LogP contribution in [-0.4, -0.2) is 4.98 Å². The lowest BCUT2D eigenvalue weighted by atomic mass is 10.1. The highest BCUT2D eigenvalue weighted by Crippen LogP contribution is 2.23. The molecule has 0 bridgehead atoms. The van der Waals surface area contributed by atoms with E-state index in [2.05, 4.69) is 61.7 Å². The molecule has 0 amide bonds. The molecule has 0 fully saturated rings. The van der Waals surface area contributed by atoms with Gasteiger partial charge in [0.2, 0.25) is 0 Å². The molecule has 0 saturated heterocycles. The van der Waals surface area contributed by atoms with E-state index in [1.165, 1.54) is 27.3 Å². The van der Waals surface area contributed by atoms with Gasteiger partial charge in [0.05, 0.1) is 10.7 Å². The van der Waals surface area contributed by atoms with E-state index < -0.39 is 0 Å². The molecule has 1 heterocycles. The van der Waals surface area contributed by atoms with Crippen LogP contribution in [0, 0.1) is 13.8 Å². The molecule has 100 valence electrons. The smallest absolute Gasteiger partial charge is 0.0976 e. The molecule has 0 aliphatic heterocycles. The average molecular weight is 279 g/mol. The van der Waals surface area contributed by atoms with Crippen molar-refractivity contribution in [2.24, 2.45) is 0 Å². The van der Waals surface area contributed by atoms with Crippen molar-refractivity contribution >= 4 is 11.3 Å². The summed E-state index contributed by atoms with van der Waals surface area (Å²) in [4.78, 5) is 4.75. The van der Waals surface area contributed by atoms with Gasteiger partial charge in [-0.1, -0.05) is 59.7 Å². The van der Waals surface area contributed by atoms with Gasteiger partial charge in [-0.05, 0) is 19.4 Å². The average Bonchev–Trinajstić information content (AvgIpc) is 2.87. The number of thiazole rings is 1. The van der Waals surface area contributed by atoms with Gasteiger partial charge in [0, 0.05) is 17.4 Å². The number of hydrogen-bond donors (Lipinski definition) is 0. The van der Waals surface area contributed by atoms with Gasteiger partial charge in [-0.25, -0.2) is 4.98 Å². The standard InChI is InChI=1S/C18H17NS/c1-13-8-14(2)10-15(9-13)11-18-19-17(12-20-18)16-6-4-3-5-7-16/h3-10,12H,11H2,1-2H3. The minimum absolute atomic E-state index is 0.917. The molecule has 3 rings (SSSR count). The fourth-order valence-corrected chi connectivity index (χ4v) is 3.32. The molecular weight excluding hydrogens is 262 g/mol. The Morgan fingerprint density at radius 2 is 1.65 bits per heavy atom. The topological polar surface area (TPSA) is 12.9 Å². The maximum Gasteiger partial charge on any atom is 0.0976 e. The van der Waals surface area contributed by atoms with Crippen LogP contribution in [0.15, 0.2) is 53.9 Å². The second-order valence-electron chi connectivity index (χ2n) is 5.17. The first-order valence-corrected chi connectivity index (χ1v) is 7.66. The molecular formula is C18H17NS. The first kappa shape index (κ1) is 13.1. The Kier molecular flexibility index (Phi) is 3.66. The van der Waals surface area contributed by atoms with E-state index in [-0.39, 0.29) is 0 Å². The van der Waals surface area contributed by atoms with E-state index in [1.54, 1.807) is 11.3 Å². The number of aryl methyl sites for hydroxylation is 2. The molecule has 0 N–H and O–H groups in total. The predicted octanol–water partition coefficient (Wildman–Crippen LogP) is 5.02. The van der Waals surface area contributed by atoms with Crippen LogP contribution in [0.5, 0.6) is 0 Å². The van der Waals surface area contributed by atoms with Crippen molar-refractivity contribution in [1.29, 1.82) is 0 Å². The van der Waals surface area contributed by atoms with Gasteiger partial charge in [0.15, 0.2) is 0 Å². The summed E-state index contributed by atoms with van der Waals surface area (Å²) in [5.74, 6) is 0. The van der Waals surface area contributed by atoms with Gasteiger partial charge in [0.1, 0.15) is 0 Å². The summed E-state index contributed by atoms with van der Waals surface area (Å²) in [6.45, 7) is 4.29. The van der Waals surface area contributed by atoms with E-state index in [1.807, 2.05) is 6.07 Å². The first-order chi connectivity index (χ1) is 9.70. The van der Waals surface area contributed by atoms with Crippen molar-refractivity contribution < 1.29 is 0 Å². The molecule has 1 nitrogen and oxygen atoms in total. The lowest BCUT2D eigenvalue weighted by Gasteiger charge is -2.02. The quantitative estimate of drug-likeness (QED) is 0.656. The maximum absolute atomic E-state index is 4.75. The minimum atomic E-state index is 0.917. The molecule has 0 unspecified atom stereocenters. The van der Waals surface area contributed by atoms with Crippen LogP contribution in [0.1, 0.15) is 21.7 Å². The number of benzene rings is 2. The van der Waals surface area contributed by atoms with E-state index in [9.17, 15) is 0 Å². The largest absolute Gasteiger partial charge is 0.241 e. The zero-order valence-corrected chi connectivity index (χ0v) is 12.6. The highest BCUT2D eigenvalue weighted by atomic mass is 32.1. The summed E-state index contributed by atoms with van der Waals surface area (Å²) >= 11 is 1.74. The monoisotopic (exact) mass is 279 g/mol. The summed E-state index contributed by atoms with van der Waals surface area (Å²) in [5.41, 5.74) is 6.25. The number of nitrogens with zero attached hydrogens (tertiary/aromatic N) is 1. The molecule has 3 aromatic rings. The fourth-order valence-electron chi connectivity index (χ4n) is 2.48.